The molecule has 0 saturated heterocycles. The number of hydrogen-bond acceptors (Lipinski definition) is 0. The molecule has 3 unspecified atom stereocenters. The lowest BCUT2D eigenvalue weighted by Crippen LogP contribution is -2.04. The maximum Gasteiger partial charge on any atom is -0.00930 e. The van der Waals surface area contributed by atoms with Gasteiger partial charge in [-0.15, -0.1) is 0 Å². The molecule has 3 atom stereocenters. The van der Waals surface area contributed by atoms with Crippen molar-refractivity contribution in [3.63, 3.8) is 0 Å². The summed E-state index contributed by atoms with van der Waals surface area (Å²) in [7, 11) is 0. The summed E-state index contributed by atoms with van der Waals surface area (Å²) in [5.41, 5.74) is 2.75. The molecule has 0 heterocycles. The van der Waals surface area contributed by atoms with Crippen molar-refractivity contribution >= 4 is 6.08 Å². The van der Waals surface area contributed by atoms with Crippen LogP contribution in [0.4, 0.5) is 0 Å². The van der Waals surface area contributed by atoms with Crippen molar-refractivity contribution < 1.29 is 0 Å². The van der Waals surface area contributed by atoms with Crippen molar-refractivity contribution in [1.82, 2.24) is 0 Å². The molecule has 2 aliphatic rings. The SMILES string of the molecule is C=Cc1cccc(C2CC3C=CC2C3)c1. The fraction of sp³-hybridized carbons (Fsp3) is 0.333. The van der Waals surface area contributed by atoms with Gasteiger partial charge in [0.1, 0.15) is 0 Å². The van der Waals surface area contributed by atoms with E-state index in [4.69, 9.17) is 0 Å². The first-order valence-electron chi connectivity index (χ1n) is 5.77. The van der Waals surface area contributed by atoms with Gasteiger partial charge in [-0.25, -0.2) is 0 Å². The predicted molar refractivity (Wildman–Crippen MR) is 64.6 cm³/mol. The highest BCUT2D eigenvalue weighted by atomic mass is 14.4. The lowest BCUT2D eigenvalue weighted by molar-refractivity contribution is 0.585. The first kappa shape index (κ1) is 8.96. The van der Waals surface area contributed by atoms with Crippen LogP contribution in [0.2, 0.25) is 0 Å². The van der Waals surface area contributed by atoms with Crippen molar-refractivity contribution in [2.45, 2.75) is 18.8 Å². The lowest BCUT2D eigenvalue weighted by atomic mass is 9.86. The Hall–Kier alpha value is -1.30. The highest BCUT2D eigenvalue weighted by molar-refractivity contribution is 5.49. The van der Waals surface area contributed by atoms with E-state index in [9.17, 15) is 0 Å². The van der Waals surface area contributed by atoms with E-state index in [1.807, 2.05) is 6.08 Å². The van der Waals surface area contributed by atoms with E-state index in [0.717, 1.165) is 17.8 Å². The molecule has 1 fully saturated rings. The van der Waals surface area contributed by atoms with Crippen molar-refractivity contribution in [1.29, 1.82) is 0 Å². The molecule has 76 valence electrons. The number of benzene rings is 1. The van der Waals surface area contributed by atoms with Gasteiger partial charge in [0.15, 0.2) is 0 Å². The second kappa shape index (κ2) is 3.37. The van der Waals surface area contributed by atoms with Gasteiger partial charge in [-0.05, 0) is 41.7 Å². The summed E-state index contributed by atoms with van der Waals surface area (Å²) in [6.07, 6.45) is 9.48. The van der Waals surface area contributed by atoms with Gasteiger partial charge >= 0.3 is 0 Å². The molecule has 0 amide bonds. The minimum atomic E-state index is 0.764. The van der Waals surface area contributed by atoms with E-state index in [0.29, 0.717) is 0 Å². The normalized spacial score (nSPS) is 32.1. The summed E-state index contributed by atoms with van der Waals surface area (Å²) in [5.74, 6) is 2.42. The van der Waals surface area contributed by atoms with Crippen LogP contribution in [-0.2, 0) is 0 Å². The molecule has 0 nitrogen and oxygen atoms in total. The molecule has 3 rings (SSSR count). The molecule has 1 saturated carbocycles. The largest absolute Gasteiger partial charge is 0.0985 e. The van der Waals surface area contributed by atoms with E-state index in [2.05, 4.69) is 43.0 Å². The Bertz CT molecular complexity index is 414. The van der Waals surface area contributed by atoms with Crippen molar-refractivity contribution in [3.8, 4) is 0 Å². The minimum absolute atomic E-state index is 0.764. The maximum absolute atomic E-state index is 3.83. The summed E-state index contributed by atoms with van der Waals surface area (Å²) >= 11 is 0. The Labute approximate surface area is 91.3 Å². The molecule has 0 radical (unpaired) electrons. The average molecular weight is 196 g/mol. The molecule has 2 aliphatic carbocycles. The van der Waals surface area contributed by atoms with Crippen molar-refractivity contribution in [2.75, 3.05) is 0 Å². The quantitative estimate of drug-likeness (QED) is 0.627. The molecule has 0 aromatic heterocycles. The van der Waals surface area contributed by atoms with Crippen LogP contribution in [0.15, 0.2) is 43.0 Å². The summed E-state index contributed by atoms with van der Waals surface area (Å²) in [6, 6.07) is 8.85. The average Bonchev–Trinajstić information content (AvgIpc) is 2.91. The van der Waals surface area contributed by atoms with E-state index < -0.39 is 0 Å². The molecular formula is C15H16. The van der Waals surface area contributed by atoms with Crippen LogP contribution in [0.5, 0.6) is 0 Å². The zero-order valence-electron chi connectivity index (χ0n) is 8.89. The first-order valence-corrected chi connectivity index (χ1v) is 5.77. The number of rotatable bonds is 2. The topological polar surface area (TPSA) is 0 Å². The molecule has 2 bridgehead atoms. The van der Waals surface area contributed by atoms with E-state index in [1.54, 1.807) is 0 Å². The summed E-state index contributed by atoms with van der Waals surface area (Å²) in [4.78, 5) is 0. The molecule has 0 spiro atoms. The second-order valence-electron chi connectivity index (χ2n) is 4.76. The summed E-state index contributed by atoms with van der Waals surface area (Å²) in [5, 5.41) is 0. The van der Waals surface area contributed by atoms with Gasteiger partial charge < -0.3 is 0 Å². The minimum Gasteiger partial charge on any atom is -0.0985 e. The Morgan fingerprint density at radius 2 is 2.13 bits per heavy atom. The Kier molecular flexibility index (Phi) is 2.02. The lowest BCUT2D eigenvalue weighted by Gasteiger charge is -2.18. The molecule has 1 aromatic carbocycles. The molecule has 0 aliphatic heterocycles. The molecule has 15 heavy (non-hydrogen) atoms. The maximum atomic E-state index is 3.83. The van der Waals surface area contributed by atoms with Gasteiger partial charge in [-0.3, -0.25) is 0 Å². The first-order chi connectivity index (χ1) is 7.36. The van der Waals surface area contributed by atoms with Gasteiger partial charge in [-0.1, -0.05) is 49.1 Å². The third-order valence-corrected chi connectivity index (χ3v) is 3.85. The van der Waals surface area contributed by atoms with Crippen LogP contribution < -0.4 is 0 Å². The van der Waals surface area contributed by atoms with E-state index in [-0.39, 0.29) is 0 Å². The van der Waals surface area contributed by atoms with E-state index >= 15 is 0 Å². The highest BCUT2D eigenvalue weighted by Crippen LogP contribution is 2.48. The summed E-state index contributed by atoms with van der Waals surface area (Å²) < 4.78 is 0. The fourth-order valence-corrected chi connectivity index (χ4v) is 3.08. The third kappa shape index (κ3) is 1.45. The van der Waals surface area contributed by atoms with Gasteiger partial charge in [-0.2, -0.15) is 0 Å². The summed E-state index contributed by atoms with van der Waals surface area (Å²) in [6.45, 7) is 3.83. The Morgan fingerprint density at radius 3 is 2.80 bits per heavy atom. The fourth-order valence-electron chi connectivity index (χ4n) is 3.08. The van der Waals surface area contributed by atoms with Crippen LogP contribution in [-0.4, -0.2) is 0 Å². The van der Waals surface area contributed by atoms with Crippen LogP contribution >= 0.6 is 0 Å². The predicted octanol–water partition coefficient (Wildman–Crippen LogP) is 4.01. The zero-order chi connectivity index (χ0) is 10.3. The van der Waals surface area contributed by atoms with Crippen LogP contribution in [0.3, 0.4) is 0 Å². The molecule has 0 heteroatoms. The van der Waals surface area contributed by atoms with Crippen LogP contribution in [0.1, 0.15) is 29.9 Å². The molecule has 1 aromatic rings. The Morgan fingerprint density at radius 1 is 1.20 bits per heavy atom. The monoisotopic (exact) mass is 196 g/mol. The highest BCUT2D eigenvalue weighted by Gasteiger charge is 2.36. The van der Waals surface area contributed by atoms with Crippen LogP contribution in [0, 0.1) is 11.8 Å². The number of fused-ring (bicyclic) bond motifs is 2. The van der Waals surface area contributed by atoms with Crippen molar-refractivity contribution in [3.05, 3.63) is 54.1 Å². The molecule has 0 N–H and O–H groups in total. The zero-order valence-corrected chi connectivity index (χ0v) is 8.89. The Balaban J connectivity index is 1.93. The standard InChI is InChI=1S/C15H16/c1-2-11-4-3-5-13(8-11)15-10-12-6-7-14(15)9-12/h2-8,12,14-15H,1,9-10H2. The van der Waals surface area contributed by atoms with Gasteiger partial charge in [0.25, 0.3) is 0 Å². The van der Waals surface area contributed by atoms with Crippen molar-refractivity contribution in [2.24, 2.45) is 11.8 Å². The third-order valence-electron chi connectivity index (χ3n) is 3.85. The number of hydrogen-bond donors (Lipinski definition) is 0. The smallest absolute Gasteiger partial charge is 0.00930 e. The van der Waals surface area contributed by atoms with Crippen LogP contribution in [0.25, 0.3) is 6.08 Å². The van der Waals surface area contributed by atoms with Gasteiger partial charge in [0.2, 0.25) is 0 Å². The van der Waals surface area contributed by atoms with E-state index in [1.165, 1.54) is 24.0 Å². The number of allylic oxidation sites excluding steroid dienone is 2. The molecular weight excluding hydrogens is 180 g/mol. The van der Waals surface area contributed by atoms with Gasteiger partial charge in [0.05, 0.1) is 0 Å². The second-order valence-corrected chi connectivity index (χ2v) is 4.76. The van der Waals surface area contributed by atoms with Gasteiger partial charge in [0, 0.05) is 0 Å².